The maximum atomic E-state index is 12.5. The monoisotopic (exact) mass is 474 g/mol. The first-order valence-corrected chi connectivity index (χ1v) is 9.87. The Labute approximate surface area is 173 Å². The van der Waals surface area contributed by atoms with E-state index in [1.165, 1.54) is 12.1 Å². The van der Waals surface area contributed by atoms with Gasteiger partial charge in [0.25, 0.3) is 10.0 Å². The summed E-state index contributed by atoms with van der Waals surface area (Å²) in [5, 5.41) is 2.41. The standard InChI is InChI=1S/C13H7Cl5N4O3S/c1-6-2-4-7(5-3-6)26(24,25)21-10-8(14)9(20-22-19)11(23)13(17,18)12(10,15)16/h2-5H,1H3/b21-10-. The maximum Gasteiger partial charge on any atom is 0.282 e. The van der Waals surface area contributed by atoms with Gasteiger partial charge >= 0.3 is 0 Å². The zero-order valence-electron chi connectivity index (χ0n) is 12.6. The Kier molecular flexibility index (Phi) is 5.90. The Morgan fingerprint density at radius 3 is 2.12 bits per heavy atom. The molecular formula is C13H7Cl5N4O3S. The number of hydrogen-bond donors (Lipinski definition) is 0. The van der Waals surface area contributed by atoms with E-state index in [4.69, 9.17) is 63.5 Å². The van der Waals surface area contributed by atoms with E-state index >= 15 is 0 Å². The Morgan fingerprint density at radius 2 is 1.62 bits per heavy atom. The summed E-state index contributed by atoms with van der Waals surface area (Å²) in [7, 11) is -4.35. The number of halogens is 5. The lowest BCUT2D eigenvalue weighted by Gasteiger charge is -2.36. The van der Waals surface area contributed by atoms with Crippen LogP contribution in [0, 0.1) is 6.92 Å². The normalized spacial score (nSPS) is 20.8. The molecule has 0 saturated carbocycles. The molecule has 0 N–H and O–H groups in total. The van der Waals surface area contributed by atoms with Crippen LogP contribution >= 0.6 is 58.0 Å². The molecule has 1 aromatic carbocycles. The third-order valence-electron chi connectivity index (χ3n) is 3.28. The van der Waals surface area contributed by atoms with Crippen molar-refractivity contribution in [1.29, 1.82) is 0 Å². The van der Waals surface area contributed by atoms with E-state index in [2.05, 4.69) is 14.4 Å². The van der Waals surface area contributed by atoms with Crippen molar-refractivity contribution in [2.24, 2.45) is 9.51 Å². The van der Waals surface area contributed by atoms with Crippen LogP contribution in [-0.4, -0.2) is 28.6 Å². The van der Waals surface area contributed by atoms with Gasteiger partial charge in [-0.15, -0.1) is 0 Å². The van der Waals surface area contributed by atoms with Crippen molar-refractivity contribution >= 4 is 79.5 Å². The summed E-state index contributed by atoms with van der Waals surface area (Å²) < 4.78 is 23.4. The molecule has 0 radical (unpaired) electrons. The zero-order valence-corrected chi connectivity index (χ0v) is 17.2. The van der Waals surface area contributed by atoms with Crippen LogP contribution in [0.4, 0.5) is 0 Å². The third kappa shape index (κ3) is 3.55. The highest BCUT2D eigenvalue weighted by atomic mass is 35.5. The van der Waals surface area contributed by atoms with Gasteiger partial charge in [-0.2, -0.15) is 12.8 Å². The molecule has 1 aliphatic rings. The predicted octanol–water partition coefficient (Wildman–Crippen LogP) is 4.82. The van der Waals surface area contributed by atoms with Crippen LogP contribution in [0.5, 0.6) is 0 Å². The number of Topliss-reactive ketones (excluding diaryl/α,β-unsaturated/α-hetero) is 1. The number of azide groups is 1. The molecule has 2 rings (SSSR count). The van der Waals surface area contributed by atoms with Crippen molar-refractivity contribution < 1.29 is 13.2 Å². The van der Waals surface area contributed by atoms with Crippen LogP contribution < -0.4 is 0 Å². The summed E-state index contributed by atoms with van der Waals surface area (Å²) in [4.78, 5) is 14.5. The van der Waals surface area contributed by atoms with Crippen molar-refractivity contribution in [2.75, 3.05) is 0 Å². The second-order valence-electron chi connectivity index (χ2n) is 5.06. The van der Waals surface area contributed by atoms with Crippen molar-refractivity contribution in [2.45, 2.75) is 20.5 Å². The summed E-state index contributed by atoms with van der Waals surface area (Å²) in [5.41, 5.74) is 7.90. The molecule has 0 fully saturated rings. The van der Waals surface area contributed by atoms with E-state index in [-0.39, 0.29) is 4.90 Å². The zero-order chi connectivity index (χ0) is 19.9. The van der Waals surface area contributed by atoms with Crippen LogP contribution in [0.1, 0.15) is 5.56 Å². The number of alkyl halides is 4. The van der Waals surface area contributed by atoms with E-state index in [0.717, 1.165) is 5.56 Å². The summed E-state index contributed by atoms with van der Waals surface area (Å²) in [6.45, 7) is 1.76. The number of allylic oxidation sites excluding steroid dienone is 2. The molecule has 0 bridgehead atoms. The van der Waals surface area contributed by atoms with E-state index < -0.39 is 40.9 Å². The van der Waals surface area contributed by atoms with Crippen LogP contribution in [0.15, 0.2) is 49.4 Å². The fraction of sp³-hybridized carbons (Fsp3) is 0.231. The van der Waals surface area contributed by atoms with Gasteiger partial charge in [-0.05, 0) is 24.6 Å². The van der Waals surface area contributed by atoms with Gasteiger partial charge in [-0.3, -0.25) is 4.79 Å². The smallest absolute Gasteiger partial charge is 0.282 e. The van der Waals surface area contributed by atoms with Crippen molar-refractivity contribution in [1.82, 2.24) is 0 Å². The van der Waals surface area contributed by atoms with E-state index in [1.807, 2.05) is 0 Å². The lowest BCUT2D eigenvalue weighted by atomic mass is 9.99. The average Bonchev–Trinajstić information content (AvgIpc) is 2.55. The summed E-state index contributed by atoms with van der Waals surface area (Å²) in [5.74, 6) is -1.19. The Bertz CT molecular complexity index is 993. The maximum absolute atomic E-state index is 12.5. The molecule has 0 unspecified atom stereocenters. The van der Waals surface area contributed by atoms with Gasteiger partial charge in [-0.1, -0.05) is 80.8 Å². The first-order chi connectivity index (χ1) is 11.9. The topological polar surface area (TPSA) is 112 Å². The SMILES string of the molecule is Cc1ccc(S(=O)(=O)/N=C2/C(Cl)=C(N=[N+]=[N-])C(=O)C(Cl)(Cl)C2(Cl)Cl)cc1. The number of rotatable bonds is 3. The molecule has 0 heterocycles. The minimum Gasteiger partial charge on any atom is -0.291 e. The van der Waals surface area contributed by atoms with Crippen molar-refractivity contribution in [3.8, 4) is 0 Å². The lowest BCUT2D eigenvalue weighted by Crippen LogP contribution is -2.53. The van der Waals surface area contributed by atoms with Crippen molar-refractivity contribution in [3.05, 3.63) is 51.0 Å². The van der Waals surface area contributed by atoms with Gasteiger partial charge < -0.3 is 0 Å². The van der Waals surface area contributed by atoms with Gasteiger partial charge in [0.1, 0.15) is 11.4 Å². The van der Waals surface area contributed by atoms with Crippen LogP contribution in [0.3, 0.4) is 0 Å². The Morgan fingerprint density at radius 1 is 1.08 bits per heavy atom. The number of nitrogens with zero attached hydrogens (tertiary/aromatic N) is 4. The van der Waals surface area contributed by atoms with Gasteiger partial charge in [0, 0.05) is 4.91 Å². The average molecular weight is 477 g/mol. The second-order valence-corrected chi connectivity index (χ2v) is 9.69. The third-order valence-corrected chi connectivity index (χ3v) is 7.15. The number of benzene rings is 1. The highest BCUT2D eigenvalue weighted by molar-refractivity contribution is 7.90. The molecule has 0 atom stereocenters. The Balaban J connectivity index is 2.79. The number of aryl methyl sites for hydroxylation is 1. The quantitative estimate of drug-likeness (QED) is 0.270. The molecule has 1 aromatic rings. The van der Waals surface area contributed by atoms with E-state index in [0.29, 0.717) is 0 Å². The molecule has 0 saturated heterocycles. The van der Waals surface area contributed by atoms with E-state index in [1.54, 1.807) is 19.1 Å². The molecule has 1 aliphatic carbocycles. The highest BCUT2D eigenvalue weighted by Crippen LogP contribution is 2.51. The van der Waals surface area contributed by atoms with Gasteiger partial charge in [-0.25, -0.2) is 0 Å². The molecule has 13 heteroatoms. The molecule has 0 spiro atoms. The largest absolute Gasteiger partial charge is 0.291 e. The number of carbonyl (C=O) groups is 1. The summed E-state index contributed by atoms with van der Waals surface area (Å²) >= 11 is 29.8. The molecule has 138 valence electrons. The number of hydrogen-bond acceptors (Lipinski definition) is 4. The minimum atomic E-state index is -4.35. The van der Waals surface area contributed by atoms with Gasteiger partial charge in [0.05, 0.1) is 9.93 Å². The molecular weight excluding hydrogens is 470 g/mol. The molecule has 26 heavy (non-hydrogen) atoms. The summed E-state index contributed by atoms with van der Waals surface area (Å²) in [6, 6.07) is 5.69. The number of sulfonamides is 1. The minimum absolute atomic E-state index is 0.193. The summed E-state index contributed by atoms with van der Waals surface area (Å²) in [6.07, 6.45) is 0. The van der Waals surface area contributed by atoms with Crippen LogP contribution in [0.25, 0.3) is 10.4 Å². The van der Waals surface area contributed by atoms with Crippen LogP contribution in [-0.2, 0) is 14.8 Å². The molecule has 0 aromatic heterocycles. The molecule has 0 aliphatic heterocycles. The fourth-order valence-corrected chi connectivity index (χ4v) is 4.32. The highest BCUT2D eigenvalue weighted by Gasteiger charge is 2.61. The second kappa shape index (κ2) is 7.20. The first kappa shape index (κ1) is 21.3. The van der Waals surface area contributed by atoms with Crippen molar-refractivity contribution in [3.63, 3.8) is 0 Å². The molecule has 7 nitrogen and oxygen atoms in total. The number of carbonyl (C=O) groups excluding carboxylic acids is 1. The van der Waals surface area contributed by atoms with Gasteiger partial charge in [0.2, 0.25) is 14.4 Å². The fourth-order valence-electron chi connectivity index (χ4n) is 1.90. The van der Waals surface area contributed by atoms with Crippen LogP contribution in [0.2, 0.25) is 0 Å². The van der Waals surface area contributed by atoms with Gasteiger partial charge in [0.15, 0.2) is 0 Å². The Hall–Kier alpha value is -0.990. The molecule has 0 amide bonds. The predicted molar refractivity (Wildman–Crippen MR) is 102 cm³/mol. The van der Waals surface area contributed by atoms with E-state index in [9.17, 15) is 13.2 Å². The first-order valence-electron chi connectivity index (χ1n) is 6.54. The number of ketones is 1. The lowest BCUT2D eigenvalue weighted by molar-refractivity contribution is -0.116.